The van der Waals surface area contributed by atoms with Gasteiger partial charge < -0.3 is 0 Å². The third-order valence-corrected chi connectivity index (χ3v) is 4.45. The normalized spacial score (nSPS) is 11.4. The second kappa shape index (κ2) is 4.38. The Balaban J connectivity index is 2.58. The Morgan fingerprint density at radius 3 is 2.28 bits per heavy atom. The Hall–Kier alpha value is -1.95. The Morgan fingerprint density at radius 2 is 1.78 bits per heavy atom. The smallest absolute Gasteiger partial charge is 0.269 e. The van der Waals surface area contributed by atoms with Gasteiger partial charge in [-0.15, -0.1) is 0 Å². The first-order valence-electron chi connectivity index (χ1n) is 5.28. The highest BCUT2D eigenvalue weighted by Crippen LogP contribution is 2.17. The van der Waals surface area contributed by atoms with E-state index in [0.29, 0.717) is 12.0 Å². The number of benzene rings is 1. The van der Waals surface area contributed by atoms with Crippen LogP contribution in [0.3, 0.4) is 0 Å². The molecular weight excluding hydrogens is 252 g/mol. The van der Waals surface area contributed by atoms with Gasteiger partial charge in [-0.3, -0.25) is 4.79 Å². The van der Waals surface area contributed by atoms with Crippen LogP contribution < -0.4 is 0 Å². The van der Waals surface area contributed by atoms with Gasteiger partial charge in [-0.2, -0.15) is 0 Å². The molecule has 0 saturated carbocycles. The van der Waals surface area contributed by atoms with Crippen LogP contribution in [-0.2, 0) is 10.0 Å². The molecule has 94 valence electrons. The van der Waals surface area contributed by atoms with Crippen molar-refractivity contribution in [2.45, 2.75) is 18.7 Å². The minimum Gasteiger partial charge on any atom is -0.296 e. The van der Waals surface area contributed by atoms with Crippen LogP contribution in [0.2, 0.25) is 0 Å². The number of aryl methyl sites for hydroxylation is 1. The van der Waals surface area contributed by atoms with E-state index in [1.54, 1.807) is 19.1 Å². The van der Waals surface area contributed by atoms with E-state index in [2.05, 4.69) is 4.98 Å². The molecule has 0 saturated heterocycles. The summed E-state index contributed by atoms with van der Waals surface area (Å²) < 4.78 is 25.6. The van der Waals surface area contributed by atoms with E-state index in [-0.39, 0.29) is 10.6 Å². The highest BCUT2D eigenvalue weighted by molar-refractivity contribution is 7.90. The van der Waals surface area contributed by atoms with Crippen molar-refractivity contribution in [3.8, 4) is 0 Å². The van der Waals surface area contributed by atoms with Crippen LogP contribution in [0.4, 0.5) is 0 Å². The lowest BCUT2D eigenvalue weighted by Gasteiger charge is -2.07. The topological polar surface area (TPSA) is 69.0 Å². The molecule has 2 rings (SSSR count). The fourth-order valence-corrected chi connectivity index (χ4v) is 2.92. The number of hydrogen-bond acceptors (Lipinski definition) is 4. The minimum atomic E-state index is -3.68. The summed E-state index contributed by atoms with van der Waals surface area (Å²) in [4.78, 5) is 14.6. The summed E-state index contributed by atoms with van der Waals surface area (Å²) in [6, 6.07) is 6.51. The Morgan fingerprint density at radius 1 is 1.17 bits per heavy atom. The van der Waals surface area contributed by atoms with Gasteiger partial charge in [0.15, 0.2) is 6.29 Å². The Bertz CT molecular complexity index is 685. The van der Waals surface area contributed by atoms with Crippen LogP contribution in [0.25, 0.3) is 0 Å². The number of carbonyl (C=O) groups is 1. The molecule has 0 atom stereocenters. The van der Waals surface area contributed by atoms with Gasteiger partial charge in [0, 0.05) is 0 Å². The lowest BCUT2D eigenvalue weighted by Crippen LogP contribution is -2.13. The molecule has 5 nitrogen and oxygen atoms in total. The molecule has 0 unspecified atom stereocenters. The number of imidazole rings is 1. The molecule has 0 aliphatic rings. The summed E-state index contributed by atoms with van der Waals surface area (Å²) >= 11 is 0. The summed E-state index contributed by atoms with van der Waals surface area (Å²) in [5, 5.41) is 0. The van der Waals surface area contributed by atoms with Gasteiger partial charge in [0.2, 0.25) is 0 Å². The van der Waals surface area contributed by atoms with Gasteiger partial charge in [0.25, 0.3) is 10.0 Å². The summed E-state index contributed by atoms with van der Waals surface area (Å²) in [7, 11) is -3.68. The Kier molecular flexibility index (Phi) is 3.04. The zero-order valence-corrected chi connectivity index (χ0v) is 10.8. The van der Waals surface area contributed by atoms with Crippen LogP contribution in [0.1, 0.15) is 21.7 Å². The number of carbonyl (C=O) groups excluding carboxylic acids is 1. The first-order chi connectivity index (χ1) is 8.46. The Labute approximate surface area is 105 Å². The van der Waals surface area contributed by atoms with Crippen molar-refractivity contribution in [3.05, 3.63) is 47.5 Å². The van der Waals surface area contributed by atoms with Gasteiger partial charge in [-0.05, 0) is 26.0 Å². The SMILES string of the molecule is Cc1ccc(S(=O)(=O)n2cnc(C=O)c2C)cc1. The van der Waals surface area contributed by atoms with Crippen LogP contribution in [0.15, 0.2) is 35.5 Å². The lowest BCUT2D eigenvalue weighted by molar-refractivity contribution is 0.111. The standard InChI is InChI=1S/C12H12N2O3S/c1-9-3-5-11(6-4-9)18(16,17)14-8-13-12(7-15)10(14)2/h3-8H,1-2H3. The number of hydrogen-bond donors (Lipinski definition) is 0. The van der Waals surface area contributed by atoms with Crippen molar-refractivity contribution in [2.24, 2.45) is 0 Å². The lowest BCUT2D eigenvalue weighted by atomic mass is 10.2. The maximum absolute atomic E-state index is 12.3. The monoisotopic (exact) mass is 264 g/mol. The molecule has 1 aromatic carbocycles. The molecule has 0 radical (unpaired) electrons. The number of nitrogens with zero attached hydrogens (tertiary/aromatic N) is 2. The van der Waals surface area contributed by atoms with Gasteiger partial charge in [-0.25, -0.2) is 17.4 Å². The second-order valence-electron chi connectivity index (χ2n) is 3.95. The van der Waals surface area contributed by atoms with Crippen molar-refractivity contribution in [3.63, 3.8) is 0 Å². The number of aldehydes is 1. The van der Waals surface area contributed by atoms with Crippen molar-refractivity contribution < 1.29 is 13.2 Å². The van der Waals surface area contributed by atoms with Crippen molar-refractivity contribution in [1.29, 1.82) is 0 Å². The fourth-order valence-electron chi connectivity index (χ4n) is 1.59. The van der Waals surface area contributed by atoms with Crippen LogP contribution in [0, 0.1) is 13.8 Å². The fraction of sp³-hybridized carbons (Fsp3) is 0.167. The summed E-state index contributed by atoms with van der Waals surface area (Å²) in [5.41, 5.74) is 1.42. The number of rotatable bonds is 3. The van der Waals surface area contributed by atoms with Crippen molar-refractivity contribution >= 4 is 16.3 Å². The molecule has 1 aromatic heterocycles. The quantitative estimate of drug-likeness (QED) is 0.789. The number of aromatic nitrogens is 2. The van der Waals surface area contributed by atoms with E-state index < -0.39 is 10.0 Å². The summed E-state index contributed by atoms with van der Waals surface area (Å²) in [5.74, 6) is 0. The molecule has 0 N–H and O–H groups in total. The molecule has 0 amide bonds. The van der Waals surface area contributed by atoms with Crippen LogP contribution >= 0.6 is 0 Å². The predicted molar refractivity (Wildman–Crippen MR) is 66.1 cm³/mol. The van der Waals surface area contributed by atoms with Gasteiger partial charge in [0.05, 0.1) is 10.6 Å². The summed E-state index contributed by atoms with van der Waals surface area (Å²) in [6.45, 7) is 3.42. The van der Waals surface area contributed by atoms with E-state index in [1.807, 2.05) is 6.92 Å². The van der Waals surface area contributed by atoms with Crippen LogP contribution in [-0.4, -0.2) is 23.7 Å². The first kappa shape index (κ1) is 12.5. The van der Waals surface area contributed by atoms with Crippen molar-refractivity contribution in [2.75, 3.05) is 0 Å². The molecule has 0 bridgehead atoms. The zero-order chi connectivity index (χ0) is 13.3. The largest absolute Gasteiger partial charge is 0.296 e. The first-order valence-corrected chi connectivity index (χ1v) is 6.72. The minimum absolute atomic E-state index is 0.130. The van der Waals surface area contributed by atoms with Crippen LogP contribution in [0.5, 0.6) is 0 Å². The highest BCUT2D eigenvalue weighted by Gasteiger charge is 2.20. The predicted octanol–water partition coefficient (Wildman–Crippen LogP) is 1.55. The van der Waals surface area contributed by atoms with Crippen molar-refractivity contribution in [1.82, 2.24) is 8.96 Å². The molecule has 1 heterocycles. The molecule has 0 spiro atoms. The van der Waals surface area contributed by atoms with Gasteiger partial charge in [-0.1, -0.05) is 17.7 Å². The summed E-state index contributed by atoms with van der Waals surface area (Å²) in [6.07, 6.45) is 1.69. The zero-order valence-electron chi connectivity index (χ0n) is 9.99. The molecule has 0 aliphatic carbocycles. The molecule has 18 heavy (non-hydrogen) atoms. The highest BCUT2D eigenvalue weighted by atomic mass is 32.2. The molecule has 0 fully saturated rings. The van der Waals surface area contributed by atoms with E-state index in [1.165, 1.54) is 12.1 Å². The maximum Gasteiger partial charge on any atom is 0.269 e. The van der Waals surface area contributed by atoms with Gasteiger partial charge >= 0.3 is 0 Å². The van der Waals surface area contributed by atoms with E-state index in [4.69, 9.17) is 0 Å². The second-order valence-corrected chi connectivity index (χ2v) is 5.76. The van der Waals surface area contributed by atoms with E-state index in [9.17, 15) is 13.2 Å². The van der Waals surface area contributed by atoms with E-state index in [0.717, 1.165) is 15.9 Å². The van der Waals surface area contributed by atoms with E-state index >= 15 is 0 Å². The van der Waals surface area contributed by atoms with Gasteiger partial charge in [0.1, 0.15) is 12.0 Å². The molecule has 0 aliphatic heterocycles. The maximum atomic E-state index is 12.3. The average Bonchev–Trinajstić information content (AvgIpc) is 2.71. The molecule has 2 aromatic rings. The molecular formula is C12H12N2O3S. The average molecular weight is 264 g/mol. The third kappa shape index (κ3) is 1.95. The molecule has 6 heteroatoms. The third-order valence-electron chi connectivity index (χ3n) is 2.69.